The van der Waals surface area contributed by atoms with Gasteiger partial charge in [-0.1, -0.05) is 0 Å². The third kappa shape index (κ3) is 5.37. The molecule has 2 N–H and O–H groups in total. The number of carboxylic acid groups (broad SMARTS) is 1. The fraction of sp³-hybridized carbons (Fsp3) is 0.800. The normalized spacial score (nSPS) is 11.2. The maximum Gasteiger partial charge on any atom is 0.310 e. The number of amides is 1. The summed E-state index contributed by atoms with van der Waals surface area (Å²) in [6.07, 6.45) is 0.392. The van der Waals surface area contributed by atoms with Gasteiger partial charge in [-0.25, -0.2) is 0 Å². The zero-order chi connectivity index (χ0) is 12.1. The summed E-state index contributed by atoms with van der Waals surface area (Å²) >= 11 is 0. The van der Waals surface area contributed by atoms with Crippen molar-refractivity contribution in [2.75, 3.05) is 27.2 Å². The predicted octanol–water partition coefficient (Wildman–Crippen LogP) is 0.165. The molecule has 0 unspecified atom stereocenters. The number of hydrogen-bond donors (Lipinski definition) is 2. The van der Waals surface area contributed by atoms with Gasteiger partial charge >= 0.3 is 5.97 Å². The molecule has 15 heavy (non-hydrogen) atoms. The van der Waals surface area contributed by atoms with Crippen LogP contribution in [0.25, 0.3) is 0 Å². The third-order valence-electron chi connectivity index (χ3n) is 2.16. The summed E-state index contributed by atoms with van der Waals surface area (Å²) in [6.45, 7) is 4.17. The molecule has 0 atom stereocenters. The van der Waals surface area contributed by atoms with E-state index >= 15 is 0 Å². The molecule has 0 aromatic heterocycles. The Hall–Kier alpha value is -1.10. The molecular weight excluding hydrogens is 196 g/mol. The van der Waals surface area contributed by atoms with Gasteiger partial charge in [0.05, 0.1) is 5.41 Å². The van der Waals surface area contributed by atoms with Crippen LogP contribution >= 0.6 is 0 Å². The molecule has 88 valence electrons. The number of aliphatic carboxylic acids is 1. The molecule has 0 bridgehead atoms. The zero-order valence-corrected chi connectivity index (χ0v) is 9.83. The van der Waals surface area contributed by atoms with Gasteiger partial charge in [0.15, 0.2) is 0 Å². The van der Waals surface area contributed by atoms with Gasteiger partial charge in [0.1, 0.15) is 0 Å². The van der Waals surface area contributed by atoms with E-state index in [1.807, 2.05) is 0 Å². The lowest BCUT2D eigenvalue weighted by atomic mass is 9.94. The van der Waals surface area contributed by atoms with Crippen molar-refractivity contribution in [3.63, 3.8) is 0 Å². The summed E-state index contributed by atoms with van der Waals surface area (Å²) in [5.41, 5.74) is -0.791. The van der Waals surface area contributed by atoms with Crippen LogP contribution in [-0.2, 0) is 9.59 Å². The molecule has 1 amide bonds. The molecule has 0 aliphatic rings. The highest BCUT2D eigenvalue weighted by molar-refractivity contribution is 5.75. The summed E-state index contributed by atoms with van der Waals surface area (Å²) in [4.78, 5) is 23.4. The van der Waals surface area contributed by atoms with E-state index in [1.165, 1.54) is 4.90 Å². The molecule has 5 nitrogen and oxygen atoms in total. The minimum atomic E-state index is -0.839. The van der Waals surface area contributed by atoms with E-state index in [1.54, 1.807) is 27.9 Å². The molecule has 0 spiro atoms. The van der Waals surface area contributed by atoms with Crippen molar-refractivity contribution >= 4 is 11.9 Å². The Bertz CT molecular complexity index is 237. The van der Waals surface area contributed by atoms with Gasteiger partial charge in [-0.3, -0.25) is 9.59 Å². The second-order valence-corrected chi connectivity index (χ2v) is 4.40. The largest absolute Gasteiger partial charge is 0.481 e. The summed E-state index contributed by atoms with van der Waals surface area (Å²) in [6, 6.07) is 0. The first-order valence-corrected chi connectivity index (χ1v) is 4.91. The molecule has 5 heteroatoms. The number of nitrogens with one attached hydrogen (secondary N) is 1. The Kier molecular flexibility index (Phi) is 5.28. The number of carbonyl (C=O) groups excluding carboxylic acids is 1. The summed E-state index contributed by atoms with van der Waals surface area (Å²) in [5, 5.41) is 11.8. The molecule has 0 aromatic carbocycles. The van der Waals surface area contributed by atoms with Crippen molar-refractivity contribution in [3.8, 4) is 0 Å². The highest BCUT2D eigenvalue weighted by Gasteiger charge is 2.26. The SMILES string of the molecule is CN(C)C(=O)CCNCC(C)(C)C(=O)O. The number of carbonyl (C=O) groups is 2. The van der Waals surface area contributed by atoms with Crippen LogP contribution in [0.4, 0.5) is 0 Å². The van der Waals surface area contributed by atoms with Crippen LogP contribution in [0.5, 0.6) is 0 Å². The maximum atomic E-state index is 11.2. The lowest BCUT2D eigenvalue weighted by Crippen LogP contribution is -2.37. The zero-order valence-electron chi connectivity index (χ0n) is 9.83. The molecule has 0 heterocycles. The van der Waals surface area contributed by atoms with Gasteiger partial charge in [0.25, 0.3) is 0 Å². The molecule has 0 aliphatic heterocycles. The number of rotatable bonds is 6. The average Bonchev–Trinajstić information content (AvgIpc) is 2.11. The van der Waals surface area contributed by atoms with E-state index in [2.05, 4.69) is 5.32 Å². The van der Waals surface area contributed by atoms with Crippen molar-refractivity contribution in [2.24, 2.45) is 5.41 Å². The van der Waals surface area contributed by atoms with E-state index in [-0.39, 0.29) is 5.91 Å². The van der Waals surface area contributed by atoms with E-state index < -0.39 is 11.4 Å². The van der Waals surface area contributed by atoms with Crippen molar-refractivity contribution in [1.29, 1.82) is 0 Å². The Morgan fingerprint density at radius 1 is 1.33 bits per heavy atom. The smallest absolute Gasteiger partial charge is 0.310 e. The summed E-state index contributed by atoms with van der Waals surface area (Å²) in [5.74, 6) is -0.801. The van der Waals surface area contributed by atoms with E-state index in [9.17, 15) is 9.59 Å². The lowest BCUT2D eigenvalue weighted by molar-refractivity contribution is -0.146. The van der Waals surface area contributed by atoms with Crippen LogP contribution in [0.1, 0.15) is 20.3 Å². The Labute approximate surface area is 90.5 Å². The highest BCUT2D eigenvalue weighted by Crippen LogP contribution is 2.12. The molecule has 0 saturated carbocycles. The topological polar surface area (TPSA) is 69.6 Å². The van der Waals surface area contributed by atoms with Gasteiger partial charge in [-0.2, -0.15) is 0 Å². The molecule has 0 saturated heterocycles. The number of carboxylic acids is 1. The van der Waals surface area contributed by atoms with Crippen LogP contribution < -0.4 is 5.32 Å². The van der Waals surface area contributed by atoms with Gasteiger partial charge < -0.3 is 15.3 Å². The predicted molar refractivity (Wildman–Crippen MR) is 57.6 cm³/mol. The molecule has 0 fully saturated rings. The first-order chi connectivity index (χ1) is 6.77. The first-order valence-electron chi connectivity index (χ1n) is 4.91. The van der Waals surface area contributed by atoms with E-state index in [0.29, 0.717) is 19.5 Å². The van der Waals surface area contributed by atoms with Crippen LogP contribution in [0.2, 0.25) is 0 Å². The number of hydrogen-bond acceptors (Lipinski definition) is 3. The quantitative estimate of drug-likeness (QED) is 0.621. The van der Waals surface area contributed by atoms with Crippen molar-refractivity contribution < 1.29 is 14.7 Å². The number of nitrogens with zero attached hydrogens (tertiary/aromatic N) is 1. The van der Waals surface area contributed by atoms with Gasteiger partial charge in [-0.05, 0) is 13.8 Å². The summed E-state index contributed by atoms with van der Waals surface area (Å²) in [7, 11) is 3.40. The van der Waals surface area contributed by atoms with E-state index in [0.717, 1.165) is 0 Å². The Balaban J connectivity index is 3.72. The van der Waals surface area contributed by atoms with Crippen molar-refractivity contribution in [2.45, 2.75) is 20.3 Å². The maximum absolute atomic E-state index is 11.2. The Morgan fingerprint density at radius 2 is 1.87 bits per heavy atom. The fourth-order valence-corrected chi connectivity index (χ4v) is 0.895. The van der Waals surface area contributed by atoms with Gasteiger partial charge in [0, 0.05) is 33.6 Å². The summed E-state index contributed by atoms with van der Waals surface area (Å²) < 4.78 is 0. The van der Waals surface area contributed by atoms with Crippen LogP contribution in [0.3, 0.4) is 0 Å². The van der Waals surface area contributed by atoms with Crippen molar-refractivity contribution in [1.82, 2.24) is 10.2 Å². The Morgan fingerprint density at radius 3 is 2.27 bits per heavy atom. The molecule has 0 aliphatic carbocycles. The molecule has 0 radical (unpaired) electrons. The van der Waals surface area contributed by atoms with E-state index in [4.69, 9.17) is 5.11 Å². The molecule has 0 rings (SSSR count). The lowest BCUT2D eigenvalue weighted by Gasteiger charge is -2.19. The fourth-order valence-electron chi connectivity index (χ4n) is 0.895. The monoisotopic (exact) mass is 216 g/mol. The van der Waals surface area contributed by atoms with Crippen LogP contribution in [0.15, 0.2) is 0 Å². The first kappa shape index (κ1) is 13.9. The van der Waals surface area contributed by atoms with Gasteiger partial charge in [0.2, 0.25) is 5.91 Å². The standard InChI is InChI=1S/C10H20N2O3/c1-10(2,9(14)15)7-11-6-5-8(13)12(3)4/h11H,5-7H2,1-4H3,(H,14,15). The van der Waals surface area contributed by atoms with Gasteiger partial charge in [-0.15, -0.1) is 0 Å². The second-order valence-electron chi connectivity index (χ2n) is 4.40. The molecular formula is C10H20N2O3. The van der Waals surface area contributed by atoms with Crippen molar-refractivity contribution in [3.05, 3.63) is 0 Å². The minimum absolute atomic E-state index is 0.0376. The average molecular weight is 216 g/mol. The minimum Gasteiger partial charge on any atom is -0.481 e. The molecule has 0 aromatic rings. The van der Waals surface area contributed by atoms with Crippen LogP contribution in [0, 0.1) is 5.41 Å². The van der Waals surface area contributed by atoms with Crippen LogP contribution in [-0.4, -0.2) is 49.1 Å². The third-order valence-corrected chi connectivity index (χ3v) is 2.16. The highest BCUT2D eigenvalue weighted by atomic mass is 16.4. The second kappa shape index (κ2) is 5.70.